The maximum Gasteiger partial charge on any atom is 0.188 e. The molecule has 106 valence electrons. The van der Waals surface area contributed by atoms with E-state index in [1.165, 1.54) is 22.3 Å². The molecule has 1 aromatic carbocycles. The van der Waals surface area contributed by atoms with Gasteiger partial charge in [-0.1, -0.05) is 12.1 Å². The fourth-order valence-electron chi connectivity index (χ4n) is 2.16. The average molecular weight is 296 g/mol. The van der Waals surface area contributed by atoms with Gasteiger partial charge in [-0.05, 0) is 37.5 Å². The first-order valence-electron chi connectivity index (χ1n) is 6.71. The minimum absolute atomic E-state index is 0.704. The standard InChI is InChI=1S/C16H16N4S/c1-10-4-5-13(12(3)11(10)2)14-9-21-16(19-14)20-15-8-17-6-7-18-15/h4-9H,1-3H3,(H,18,19,20). The van der Waals surface area contributed by atoms with Crippen molar-refractivity contribution in [3.05, 3.63) is 52.8 Å². The van der Waals surface area contributed by atoms with Gasteiger partial charge in [0, 0.05) is 23.3 Å². The Kier molecular flexibility index (Phi) is 3.66. The van der Waals surface area contributed by atoms with Crippen molar-refractivity contribution >= 4 is 22.3 Å². The van der Waals surface area contributed by atoms with Crippen LogP contribution in [-0.4, -0.2) is 15.0 Å². The van der Waals surface area contributed by atoms with Crippen LogP contribution in [-0.2, 0) is 0 Å². The lowest BCUT2D eigenvalue weighted by molar-refractivity contribution is 1.19. The highest BCUT2D eigenvalue weighted by atomic mass is 32.1. The summed E-state index contributed by atoms with van der Waals surface area (Å²) in [5, 5.41) is 6.06. The number of aryl methyl sites for hydroxylation is 1. The monoisotopic (exact) mass is 296 g/mol. The third-order valence-corrected chi connectivity index (χ3v) is 4.39. The van der Waals surface area contributed by atoms with Crippen LogP contribution in [0.1, 0.15) is 16.7 Å². The van der Waals surface area contributed by atoms with E-state index >= 15 is 0 Å². The lowest BCUT2D eigenvalue weighted by Gasteiger charge is -2.09. The predicted molar refractivity (Wildman–Crippen MR) is 87.1 cm³/mol. The number of hydrogen-bond acceptors (Lipinski definition) is 5. The smallest absolute Gasteiger partial charge is 0.188 e. The fraction of sp³-hybridized carbons (Fsp3) is 0.188. The second kappa shape index (κ2) is 5.61. The highest BCUT2D eigenvalue weighted by Crippen LogP contribution is 2.30. The summed E-state index contributed by atoms with van der Waals surface area (Å²) in [5.74, 6) is 0.704. The van der Waals surface area contributed by atoms with Gasteiger partial charge in [-0.2, -0.15) is 0 Å². The highest BCUT2D eigenvalue weighted by molar-refractivity contribution is 7.14. The van der Waals surface area contributed by atoms with Crippen LogP contribution in [0.15, 0.2) is 36.1 Å². The quantitative estimate of drug-likeness (QED) is 0.784. The number of nitrogens with zero attached hydrogens (tertiary/aromatic N) is 3. The minimum Gasteiger partial charge on any atom is -0.315 e. The molecular weight excluding hydrogens is 280 g/mol. The summed E-state index contributed by atoms with van der Waals surface area (Å²) in [6.07, 6.45) is 4.99. The van der Waals surface area contributed by atoms with Gasteiger partial charge in [-0.25, -0.2) is 9.97 Å². The van der Waals surface area contributed by atoms with Crippen LogP contribution in [0.4, 0.5) is 10.9 Å². The molecule has 0 bridgehead atoms. The van der Waals surface area contributed by atoms with Gasteiger partial charge in [-0.3, -0.25) is 4.98 Å². The van der Waals surface area contributed by atoms with Gasteiger partial charge >= 0.3 is 0 Å². The van der Waals surface area contributed by atoms with Crippen molar-refractivity contribution in [2.45, 2.75) is 20.8 Å². The van der Waals surface area contributed by atoms with Crippen molar-refractivity contribution in [3.63, 3.8) is 0 Å². The largest absolute Gasteiger partial charge is 0.315 e. The SMILES string of the molecule is Cc1ccc(-c2csc(Nc3cnccn3)n2)c(C)c1C. The Balaban J connectivity index is 1.90. The summed E-state index contributed by atoms with van der Waals surface area (Å²) in [4.78, 5) is 12.9. The number of hydrogen-bond donors (Lipinski definition) is 1. The molecule has 0 atom stereocenters. The maximum absolute atomic E-state index is 4.65. The molecule has 0 aliphatic carbocycles. The molecule has 3 rings (SSSR count). The van der Waals surface area contributed by atoms with E-state index in [4.69, 9.17) is 0 Å². The first kappa shape index (κ1) is 13.7. The van der Waals surface area contributed by atoms with Gasteiger partial charge in [0.05, 0.1) is 11.9 Å². The first-order valence-corrected chi connectivity index (χ1v) is 7.59. The molecular formula is C16H16N4S. The molecule has 0 amide bonds. The lowest BCUT2D eigenvalue weighted by atomic mass is 9.97. The molecule has 5 heteroatoms. The molecule has 2 aromatic heterocycles. The number of rotatable bonds is 3. The average Bonchev–Trinajstić information content (AvgIpc) is 2.94. The summed E-state index contributed by atoms with van der Waals surface area (Å²) >= 11 is 1.57. The van der Waals surface area contributed by atoms with Crippen molar-refractivity contribution in [1.29, 1.82) is 0 Å². The van der Waals surface area contributed by atoms with Crippen LogP contribution in [0.2, 0.25) is 0 Å². The topological polar surface area (TPSA) is 50.7 Å². The van der Waals surface area contributed by atoms with E-state index in [0.29, 0.717) is 5.82 Å². The zero-order valence-corrected chi connectivity index (χ0v) is 13.0. The van der Waals surface area contributed by atoms with E-state index in [1.54, 1.807) is 29.9 Å². The van der Waals surface area contributed by atoms with E-state index in [-0.39, 0.29) is 0 Å². The predicted octanol–water partition coefficient (Wildman–Crippen LogP) is 4.27. The van der Waals surface area contributed by atoms with Crippen molar-refractivity contribution < 1.29 is 0 Å². The summed E-state index contributed by atoms with van der Waals surface area (Å²) in [6, 6.07) is 4.28. The normalized spacial score (nSPS) is 10.6. The third kappa shape index (κ3) is 2.78. The molecule has 0 aliphatic rings. The van der Waals surface area contributed by atoms with Crippen LogP contribution in [0.5, 0.6) is 0 Å². The molecule has 2 heterocycles. The third-order valence-electron chi connectivity index (χ3n) is 3.64. The molecule has 0 fully saturated rings. The van der Waals surface area contributed by atoms with Gasteiger partial charge in [0.25, 0.3) is 0 Å². The highest BCUT2D eigenvalue weighted by Gasteiger charge is 2.10. The number of aromatic nitrogens is 3. The zero-order chi connectivity index (χ0) is 14.8. The van der Waals surface area contributed by atoms with E-state index in [2.05, 4.69) is 58.6 Å². The molecule has 0 saturated heterocycles. The molecule has 0 unspecified atom stereocenters. The number of anilines is 2. The summed E-state index contributed by atoms with van der Waals surface area (Å²) in [5.41, 5.74) is 6.09. The van der Waals surface area contributed by atoms with E-state index in [9.17, 15) is 0 Å². The van der Waals surface area contributed by atoms with E-state index < -0.39 is 0 Å². The van der Waals surface area contributed by atoms with Crippen LogP contribution < -0.4 is 5.32 Å². The van der Waals surface area contributed by atoms with Gasteiger partial charge in [0.1, 0.15) is 0 Å². The molecule has 1 N–H and O–H groups in total. The molecule has 0 aliphatic heterocycles. The Morgan fingerprint density at radius 2 is 1.90 bits per heavy atom. The molecule has 3 aromatic rings. The van der Waals surface area contributed by atoms with Gasteiger partial charge < -0.3 is 5.32 Å². The molecule has 21 heavy (non-hydrogen) atoms. The molecule has 4 nitrogen and oxygen atoms in total. The number of benzene rings is 1. The number of thiazole rings is 1. The summed E-state index contributed by atoms with van der Waals surface area (Å²) < 4.78 is 0. The molecule has 0 spiro atoms. The van der Waals surface area contributed by atoms with E-state index in [0.717, 1.165) is 10.8 Å². The van der Waals surface area contributed by atoms with E-state index in [1.807, 2.05) is 0 Å². The Bertz CT molecular complexity index is 765. The van der Waals surface area contributed by atoms with Crippen molar-refractivity contribution in [2.75, 3.05) is 5.32 Å². The number of nitrogens with one attached hydrogen (secondary N) is 1. The summed E-state index contributed by atoms with van der Waals surface area (Å²) in [7, 11) is 0. The Labute approximate surface area is 127 Å². The molecule has 0 saturated carbocycles. The Hall–Kier alpha value is -2.27. The summed E-state index contributed by atoms with van der Waals surface area (Å²) in [6.45, 7) is 6.43. The second-order valence-corrected chi connectivity index (χ2v) is 5.79. The van der Waals surface area contributed by atoms with Gasteiger partial charge in [0.2, 0.25) is 0 Å². The fourth-order valence-corrected chi connectivity index (χ4v) is 2.88. The maximum atomic E-state index is 4.65. The zero-order valence-electron chi connectivity index (χ0n) is 12.2. The van der Waals surface area contributed by atoms with Crippen molar-refractivity contribution in [2.24, 2.45) is 0 Å². The van der Waals surface area contributed by atoms with Crippen LogP contribution >= 0.6 is 11.3 Å². The van der Waals surface area contributed by atoms with Crippen molar-refractivity contribution in [1.82, 2.24) is 15.0 Å². The van der Waals surface area contributed by atoms with Crippen LogP contribution in [0.25, 0.3) is 11.3 Å². The lowest BCUT2D eigenvalue weighted by Crippen LogP contribution is -1.94. The van der Waals surface area contributed by atoms with Crippen LogP contribution in [0, 0.1) is 20.8 Å². The van der Waals surface area contributed by atoms with Gasteiger partial charge in [-0.15, -0.1) is 11.3 Å². The van der Waals surface area contributed by atoms with Gasteiger partial charge in [0.15, 0.2) is 10.9 Å². The minimum atomic E-state index is 0.704. The second-order valence-electron chi connectivity index (χ2n) is 4.93. The van der Waals surface area contributed by atoms with Crippen LogP contribution in [0.3, 0.4) is 0 Å². The Morgan fingerprint density at radius 3 is 2.67 bits per heavy atom. The van der Waals surface area contributed by atoms with Crippen molar-refractivity contribution in [3.8, 4) is 11.3 Å². The Morgan fingerprint density at radius 1 is 1.05 bits per heavy atom. The first-order chi connectivity index (χ1) is 10.1. The molecule has 0 radical (unpaired) electrons.